The molecular formula is C16H19N3O2. The lowest BCUT2D eigenvalue weighted by Crippen LogP contribution is -2.34. The van der Waals surface area contributed by atoms with E-state index in [-0.39, 0.29) is 12.6 Å². The molecule has 1 aliphatic carbocycles. The lowest BCUT2D eigenvalue weighted by Gasteiger charge is -2.26. The highest BCUT2D eigenvalue weighted by Crippen LogP contribution is 2.34. The molecule has 1 N–H and O–H groups in total. The Balaban J connectivity index is 1.79. The zero-order chi connectivity index (χ0) is 14.8. The van der Waals surface area contributed by atoms with Gasteiger partial charge in [0.05, 0.1) is 18.4 Å². The Morgan fingerprint density at radius 2 is 2.14 bits per heavy atom. The van der Waals surface area contributed by atoms with Crippen LogP contribution in [0.25, 0.3) is 5.69 Å². The van der Waals surface area contributed by atoms with Crippen molar-refractivity contribution in [1.82, 2.24) is 14.7 Å². The van der Waals surface area contributed by atoms with E-state index in [1.807, 2.05) is 54.3 Å². The first-order valence-corrected chi connectivity index (χ1v) is 7.22. The van der Waals surface area contributed by atoms with Gasteiger partial charge in [0.1, 0.15) is 0 Å². The number of carbonyl (C=O) groups is 1. The molecule has 3 rings (SSSR count). The molecule has 2 aromatic rings. The first-order chi connectivity index (χ1) is 10.1. The summed E-state index contributed by atoms with van der Waals surface area (Å²) in [5.74, 6) is -0.774. The Hall–Kier alpha value is -2.14. The minimum atomic E-state index is -0.774. The number of benzene rings is 1. The lowest BCUT2D eigenvalue weighted by atomic mass is 10.1. The second kappa shape index (κ2) is 5.69. The minimum absolute atomic E-state index is 0.0612. The molecule has 1 aliphatic rings. The Morgan fingerprint density at radius 1 is 1.43 bits per heavy atom. The van der Waals surface area contributed by atoms with E-state index in [2.05, 4.69) is 10.00 Å². The highest BCUT2D eigenvalue weighted by Gasteiger charge is 2.34. The van der Waals surface area contributed by atoms with Crippen LogP contribution in [-0.2, 0) is 4.79 Å². The van der Waals surface area contributed by atoms with E-state index < -0.39 is 5.97 Å². The Labute approximate surface area is 123 Å². The predicted molar refractivity (Wildman–Crippen MR) is 79.3 cm³/mol. The maximum atomic E-state index is 11.0. The fourth-order valence-electron chi connectivity index (χ4n) is 2.61. The van der Waals surface area contributed by atoms with Crippen molar-refractivity contribution in [2.75, 3.05) is 6.54 Å². The summed E-state index contributed by atoms with van der Waals surface area (Å²) in [5, 5.41) is 13.5. The zero-order valence-corrected chi connectivity index (χ0v) is 12.0. The van der Waals surface area contributed by atoms with Crippen LogP contribution in [0, 0.1) is 0 Å². The van der Waals surface area contributed by atoms with Crippen molar-refractivity contribution in [2.24, 2.45) is 0 Å². The molecule has 1 fully saturated rings. The quantitative estimate of drug-likeness (QED) is 0.886. The summed E-state index contributed by atoms with van der Waals surface area (Å²) in [6, 6.07) is 10.4. The first-order valence-electron chi connectivity index (χ1n) is 7.22. The number of carboxylic acids is 1. The second-order valence-electron chi connectivity index (χ2n) is 5.53. The van der Waals surface area contributed by atoms with Crippen LogP contribution in [0.2, 0.25) is 0 Å². The van der Waals surface area contributed by atoms with Gasteiger partial charge in [0, 0.05) is 23.8 Å². The van der Waals surface area contributed by atoms with Gasteiger partial charge in [0.25, 0.3) is 0 Å². The summed E-state index contributed by atoms with van der Waals surface area (Å²) in [6.45, 7) is 2.13. The third-order valence-electron chi connectivity index (χ3n) is 3.94. The lowest BCUT2D eigenvalue weighted by molar-refractivity contribution is -0.139. The molecule has 5 nitrogen and oxygen atoms in total. The molecule has 0 amide bonds. The predicted octanol–water partition coefficient (Wildman–Crippen LogP) is 2.48. The number of aliphatic carboxylic acids is 1. The van der Waals surface area contributed by atoms with Crippen molar-refractivity contribution in [3.63, 3.8) is 0 Å². The molecule has 1 atom stereocenters. The third kappa shape index (κ3) is 3.13. The van der Waals surface area contributed by atoms with Gasteiger partial charge in [0.15, 0.2) is 0 Å². The molecule has 1 aromatic carbocycles. The molecule has 0 aliphatic heterocycles. The molecule has 0 spiro atoms. The number of hydrogen-bond donors (Lipinski definition) is 1. The number of nitrogens with zero attached hydrogens (tertiary/aromatic N) is 3. The van der Waals surface area contributed by atoms with Gasteiger partial charge in [0.2, 0.25) is 0 Å². The van der Waals surface area contributed by atoms with Gasteiger partial charge >= 0.3 is 5.97 Å². The summed E-state index contributed by atoms with van der Waals surface area (Å²) in [5.41, 5.74) is 2.05. The van der Waals surface area contributed by atoms with E-state index in [0.29, 0.717) is 6.04 Å². The maximum absolute atomic E-state index is 11.0. The van der Waals surface area contributed by atoms with Crippen LogP contribution in [-0.4, -0.2) is 38.3 Å². The zero-order valence-electron chi connectivity index (χ0n) is 12.0. The summed E-state index contributed by atoms with van der Waals surface area (Å²) in [6.07, 6.45) is 5.99. The van der Waals surface area contributed by atoms with E-state index in [0.717, 1.165) is 24.1 Å². The Morgan fingerprint density at radius 3 is 2.76 bits per heavy atom. The second-order valence-corrected chi connectivity index (χ2v) is 5.53. The largest absolute Gasteiger partial charge is 0.480 e. The summed E-state index contributed by atoms with van der Waals surface area (Å²) < 4.78 is 1.83. The van der Waals surface area contributed by atoms with Gasteiger partial charge in [-0.05, 0) is 31.9 Å². The molecule has 0 bridgehead atoms. The molecule has 1 heterocycles. The number of hydrogen-bond acceptors (Lipinski definition) is 3. The average Bonchev–Trinajstić information content (AvgIpc) is 3.21. The average molecular weight is 285 g/mol. The Bertz CT molecular complexity index is 619. The van der Waals surface area contributed by atoms with Crippen LogP contribution >= 0.6 is 0 Å². The van der Waals surface area contributed by atoms with Crippen molar-refractivity contribution in [2.45, 2.75) is 31.8 Å². The molecule has 21 heavy (non-hydrogen) atoms. The van der Waals surface area contributed by atoms with Gasteiger partial charge < -0.3 is 5.11 Å². The molecular weight excluding hydrogens is 266 g/mol. The molecule has 1 aromatic heterocycles. The summed E-state index contributed by atoms with van der Waals surface area (Å²) >= 11 is 0. The highest BCUT2D eigenvalue weighted by molar-refractivity contribution is 5.69. The van der Waals surface area contributed by atoms with Crippen molar-refractivity contribution in [1.29, 1.82) is 0 Å². The standard InChI is InChI=1S/C16H19N3O2/c1-12(18(11-16(20)21)14-7-8-14)13-9-17-19(10-13)15-5-3-2-4-6-15/h2-6,9-10,12,14H,7-8,11H2,1H3,(H,20,21). The van der Waals surface area contributed by atoms with E-state index in [1.54, 1.807) is 0 Å². The number of rotatable bonds is 6. The first kappa shape index (κ1) is 13.8. The van der Waals surface area contributed by atoms with Crippen LogP contribution in [0.4, 0.5) is 0 Å². The van der Waals surface area contributed by atoms with E-state index >= 15 is 0 Å². The van der Waals surface area contributed by atoms with Crippen molar-refractivity contribution >= 4 is 5.97 Å². The van der Waals surface area contributed by atoms with Crippen molar-refractivity contribution in [3.05, 3.63) is 48.3 Å². The number of aromatic nitrogens is 2. The normalized spacial score (nSPS) is 16.1. The minimum Gasteiger partial charge on any atom is -0.480 e. The van der Waals surface area contributed by atoms with Crippen LogP contribution in [0.1, 0.15) is 31.4 Å². The number of para-hydroxylation sites is 1. The molecule has 0 radical (unpaired) electrons. The fraction of sp³-hybridized carbons (Fsp3) is 0.375. The SMILES string of the molecule is CC(c1cnn(-c2ccccc2)c1)N(CC(=O)O)C1CC1. The molecule has 5 heteroatoms. The van der Waals surface area contributed by atoms with Crippen molar-refractivity contribution in [3.8, 4) is 5.69 Å². The maximum Gasteiger partial charge on any atom is 0.317 e. The monoisotopic (exact) mass is 285 g/mol. The van der Waals surface area contributed by atoms with Gasteiger partial charge in [-0.1, -0.05) is 18.2 Å². The molecule has 0 saturated heterocycles. The van der Waals surface area contributed by atoms with Gasteiger partial charge in [-0.2, -0.15) is 5.10 Å². The van der Waals surface area contributed by atoms with Crippen LogP contribution in [0.15, 0.2) is 42.7 Å². The van der Waals surface area contributed by atoms with E-state index in [9.17, 15) is 4.79 Å². The van der Waals surface area contributed by atoms with Gasteiger partial charge in [-0.15, -0.1) is 0 Å². The molecule has 1 saturated carbocycles. The summed E-state index contributed by atoms with van der Waals surface area (Å²) in [7, 11) is 0. The van der Waals surface area contributed by atoms with Gasteiger partial charge in [-0.3, -0.25) is 9.69 Å². The topological polar surface area (TPSA) is 58.4 Å². The van der Waals surface area contributed by atoms with E-state index in [1.165, 1.54) is 0 Å². The molecule has 110 valence electrons. The fourth-order valence-corrected chi connectivity index (χ4v) is 2.61. The third-order valence-corrected chi connectivity index (χ3v) is 3.94. The molecule has 1 unspecified atom stereocenters. The van der Waals surface area contributed by atoms with Crippen LogP contribution in [0.5, 0.6) is 0 Å². The van der Waals surface area contributed by atoms with Crippen molar-refractivity contribution < 1.29 is 9.90 Å². The smallest absolute Gasteiger partial charge is 0.317 e. The highest BCUT2D eigenvalue weighted by atomic mass is 16.4. The summed E-state index contributed by atoms with van der Waals surface area (Å²) in [4.78, 5) is 13.1. The Kier molecular flexibility index (Phi) is 3.75. The number of carboxylic acid groups (broad SMARTS) is 1. The van der Waals surface area contributed by atoms with Crippen LogP contribution in [0.3, 0.4) is 0 Å². The van der Waals surface area contributed by atoms with E-state index in [4.69, 9.17) is 5.11 Å². The van der Waals surface area contributed by atoms with Crippen LogP contribution < -0.4 is 0 Å². The van der Waals surface area contributed by atoms with Gasteiger partial charge in [-0.25, -0.2) is 4.68 Å².